The number of carbonyl (C=O) groups is 1. The van der Waals surface area contributed by atoms with Crippen molar-refractivity contribution in [2.45, 2.75) is 44.4 Å². The van der Waals surface area contributed by atoms with E-state index in [4.69, 9.17) is 5.14 Å². The number of piperidine rings is 1. The molecule has 1 amide bonds. The summed E-state index contributed by atoms with van der Waals surface area (Å²) in [5.41, 5.74) is 1.12. The SMILES string of the molecule is CCc1ccc(NC(=O)CC(C)C2CCNCC2)cc1S(N)(=O)=O. The molecule has 1 unspecified atom stereocenters. The van der Waals surface area contributed by atoms with E-state index in [9.17, 15) is 13.2 Å². The molecule has 0 aromatic heterocycles. The third-order valence-electron chi connectivity index (χ3n) is 4.73. The lowest BCUT2D eigenvalue weighted by atomic mass is 9.84. The second kappa shape index (κ2) is 8.09. The molecule has 1 aliphatic heterocycles. The van der Waals surface area contributed by atoms with Crippen molar-refractivity contribution in [2.75, 3.05) is 18.4 Å². The van der Waals surface area contributed by atoms with Crippen LogP contribution in [0.1, 0.15) is 38.7 Å². The van der Waals surface area contributed by atoms with Crippen LogP contribution in [0, 0.1) is 11.8 Å². The molecule has 0 bridgehead atoms. The number of nitrogens with two attached hydrogens (primary N) is 1. The van der Waals surface area contributed by atoms with Gasteiger partial charge in [-0.25, -0.2) is 13.6 Å². The van der Waals surface area contributed by atoms with Crippen molar-refractivity contribution in [1.82, 2.24) is 5.32 Å². The summed E-state index contributed by atoms with van der Waals surface area (Å²) in [7, 11) is -3.80. The van der Waals surface area contributed by atoms with Crippen LogP contribution in [-0.2, 0) is 21.2 Å². The van der Waals surface area contributed by atoms with Crippen molar-refractivity contribution in [3.63, 3.8) is 0 Å². The van der Waals surface area contributed by atoms with Crippen LogP contribution in [0.3, 0.4) is 0 Å². The highest BCUT2D eigenvalue weighted by atomic mass is 32.2. The van der Waals surface area contributed by atoms with Crippen molar-refractivity contribution in [1.29, 1.82) is 0 Å². The van der Waals surface area contributed by atoms with Gasteiger partial charge in [0.1, 0.15) is 0 Å². The van der Waals surface area contributed by atoms with Gasteiger partial charge in [-0.1, -0.05) is 19.9 Å². The topological polar surface area (TPSA) is 101 Å². The normalized spacial score (nSPS) is 17.5. The van der Waals surface area contributed by atoms with Gasteiger partial charge in [-0.15, -0.1) is 0 Å². The fourth-order valence-electron chi connectivity index (χ4n) is 3.27. The zero-order valence-corrected chi connectivity index (χ0v) is 15.2. The van der Waals surface area contributed by atoms with Crippen molar-refractivity contribution in [3.05, 3.63) is 23.8 Å². The number of benzene rings is 1. The summed E-state index contributed by atoms with van der Waals surface area (Å²) in [6.45, 7) is 5.98. The number of hydrogen-bond acceptors (Lipinski definition) is 4. The van der Waals surface area contributed by atoms with Gasteiger partial charge in [-0.3, -0.25) is 4.79 Å². The third kappa shape index (κ3) is 5.03. The lowest BCUT2D eigenvalue weighted by molar-refractivity contribution is -0.117. The average Bonchev–Trinajstić information content (AvgIpc) is 2.54. The number of rotatable bonds is 6. The molecule has 7 heteroatoms. The molecule has 24 heavy (non-hydrogen) atoms. The number of carbonyl (C=O) groups excluding carboxylic acids is 1. The Morgan fingerprint density at radius 3 is 2.62 bits per heavy atom. The number of hydrogen-bond donors (Lipinski definition) is 3. The first-order valence-electron chi connectivity index (χ1n) is 8.47. The molecule has 1 aliphatic rings. The molecule has 6 nitrogen and oxygen atoms in total. The maximum atomic E-state index is 12.3. The highest BCUT2D eigenvalue weighted by Gasteiger charge is 2.22. The molecule has 0 spiro atoms. The van der Waals surface area contributed by atoms with E-state index in [2.05, 4.69) is 17.6 Å². The maximum absolute atomic E-state index is 12.3. The van der Waals surface area contributed by atoms with Gasteiger partial charge in [0.25, 0.3) is 0 Å². The van der Waals surface area contributed by atoms with Gasteiger partial charge in [0.05, 0.1) is 4.90 Å². The van der Waals surface area contributed by atoms with E-state index in [-0.39, 0.29) is 10.8 Å². The first-order valence-corrected chi connectivity index (χ1v) is 10.0. The molecular weight excluding hydrogens is 326 g/mol. The van der Waals surface area contributed by atoms with Gasteiger partial charge in [0.15, 0.2) is 0 Å². The third-order valence-corrected chi connectivity index (χ3v) is 5.73. The predicted molar refractivity (Wildman–Crippen MR) is 95.2 cm³/mol. The molecule has 0 radical (unpaired) electrons. The minimum Gasteiger partial charge on any atom is -0.326 e. The minimum absolute atomic E-state index is 0.0780. The van der Waals surface area contributed by atoms with Crippen molar-refractivity contribution in [2.24, 2.45) is 17.0 Å². The molecule has 1 aromatic carbocycles. The summed E-state index contributed by atoms with van der Waals surface area (Å²) in [6, 6.07) is 4.87. The van der Waals surface area contributed by atoms with E-state index in [0.29, 0.717) is 35.9 Å². The summed E-state index contributed by atoms with van der Waals surface area (Å²) in [6.07, 6.45) is 3.18. The Hall–Kier alpha value is -1.44. The lowest BCUT2D eigenvalue weighted by Gasteiger charge is -2.27. The van der Waals surface area contributed by atoms with E-state index < -0.39 is 10.0 Å². The molecule has 1 atom stereocenters. The molecule has 1 fully saturated rings. The zero-order chi connectivity index (χ0) is 17.7. The minimum atomic E-state index is -3.80. The van der Waals surface area contributed by atoms with Crippen molar-refractivity contribution < 1.29 is 13.2 Å². The van der Waals surface area contributed by atoms with Crippen LogP contribution in [0.5, 0.6) is 0 Å². The monoisotopic (exact) mass is 353 g/mol. The molecule has 1 saturated heterocycles. The van der Waals surface area contributed by atoms with Gasteiger partial charge >= 0.3 is 0 Å². The summed E-state index contributed by atoms with van der Waals surface area (Å²) in [4.78, 5) is 12.4. The van der Waals surface area contributed by atoms with Crippen LogP contribution in [0.4, 0.5) is 5.69 Å². The summed E-state index contributed by atoms with van der Waals surface area (Å²) >= 11 is 0. The van der Waals surface area contributed by atoms with Crippen LogP contribution in [0.25, 0.3) is 0 Å². The molecule has 1 aromatic rings. The van der Waals surface area contributed by atoms with E-state index in [1.165, 1.54) is 6.07 Å². The highest BCUT2D eigenvalue weighted by Crippen LogP contribution is 2.25. The largest absolute Gasteiger partial charge is 0.326 e. The Labute approximate surface area is 144 Å². The van der Waals surface area contributed by atoms with Gasteiger partial charge in [-0.2, -0.15) is 0 Å². The van der Waals surface area contributed by atoms with Crippen LogP contribution in [-0.4, -0.2) is 27.4 Å². The van der Waals surface area contributed by atoms with E-state index in [0.717, 1.165) is 25.9 Å². The average molecular weight is 353 g/mol. The number of sulfonamides is 1. The Balaban J connectivity index is 2.03. The summed E-state index contributed by atoms with van der Waals surface area (Å²) in [5.74, 6) is 0.768. The molecule has 0 aliphatic carbocycles. The Morgan fingerprint density at radius 1 is 1.38 bits per heavy atom. The molecule has 1 heterocycles. The van der Waals surface area contributed by atoms with E-state index in [1.54, 1.807) is 12.1 Å². The Bertz CT molecular complexity index is 682. The fraction of sp³-hybridized carbons (Fsp3) is 0.588. The first-order chi connectivity index (χ1) is 11.3. The Morgan fingerprint density at radius 2 is 2.04 bits per heavy atom. The fourth-order valence-corrected chi connectivity index (χ4v) is 4.14. The second-order valence-corrected chi connectivity index (χ2v) is 8.07. The van der Waals surface area contributed by atoms with Crippen molar-refractivity contribution >= 4 is 21.6 Å². The maximum Gasteiger partial charge on any atom is 0.238 e. The van der Waals surface area contributed by atoms with Crippen molar-refractivity contribution in [3.8, 4) is 0 Å². The molecular formula is C17H27N3O3S. The number of primary sulfonamides is 1. The zero-order valence-electron chi connectivity index (χ0n) is 14.3. The number of anilines is 1. The number of aryl methyl sites for hydroxylation is 1. The summed E-state index contributed by atoms with van der Waals surface area (Å²) in [5, 5.41) is 11.4. The van der Waals surface area contributed by atoms with Crippen LogP contribution in [0.2, 0.25) is 0 Å². The molecule has 0 saturated carbocycles. The van der Waals surface area contributed by atoms with Gasteiger partial charge < -0.3 is 10.6 Å². The van der Waals surface area contributed by atoms with E-state index in [1.807, 2.05) is 6.92 Å². The van der Waals surface area contributed by atoms with Gasteiger partial charge in [0, 0.05) is 12.1 Å². The second-order valence-electron chi connectivity index (χ2n) is 6.54. The van der Waals surface area contributed by atoms with E-state index >= 15 is 0 Å². The quantitative estimate of drug-likeness (QED) is 0.726. The Kier molecular flexibility index (Phi) is 6.37. The van der Waals surface area contributed by atoms with Crippen LogP contribution in [0.15, 0.2) is 23.1 Å². The molecule has 4 N–H and O–H groups in total. The van der Waals surface area contributed by atoms with Gasteiger partial charge in [0.2, 0.25) is 15.9 Å². The van der Waals surface area contributed by atoms with Gasteiger partial charge in [-0.05, 0) is 61.9 Å². The van der Waals surface area contributed by atoms with Crippen LogP contribution >= 0.6 is 0 Å². The van der Waals surface area contributed by atoms with Crippen LogP contribution < -0.4 is 15.8 Å². The number of amides is 1. The first kappa shape index (κ1) is 18.9. The smallest absolute Gasteiger partial charge is 0.238 e. The number of nitrogens with one attached hydrogen (secondary N) is 2. The highest BCUT2D eigenvalue weighted by molar-refractivity contribution is 7.89. The molecule has 134 valence electrons. The molecule has 2 rings (SSSR count). The predicted octanol–water partition coefficient (Wildman–Crippen LogP) is 1.86. The standard InChI is InChI=1S/C17H27N3O3S/c1-3-13-4-5-15(11-16(13)24(18,22)23)20-17(21)10-12(2)14-6-8-19-9-7-14/h4-5,11-12,14,19H,3,6-10H2,1-2H3,(H,20,21)(H2,18,22,23). The lowest BCUT2D eigenvalue weighted by Crippen LogP contribution is -2.32. The summed E-state index contributed by atoms with van der Waals surface area (Å²) < 4.78 is 23.4.